The van der Waals surface area contributed by atoms with Crippen molar-refractivity contribution in [2.75, 3.05) is 6.61 Å². The van der Waals surface area contributed by atoms with Crippen molar-refractivity contribution in [3.63, 3.8) is 0 Å². The first-order valence-corrected chi connectivity index (χ1v) is 9.18. The highest BCUT2D eigenvalue weighted by molar-refractivity contribution is 5.78. The Hall–Kier alpha value is -2.80. The number of ether oxygens (including phenoxy) is 1. The average Bonchev–Trinajstić information content (AvgIpc) is 2.69. The van der Waals surface area contributed by atoms with Gasteiger partial charge in [-0.2, -0.15) is 5.26 Å². The van der Waals surface area contributed by atoms with E-state index in [2.05, 4.69) is 18.3 Å². The third-order valence-corrected chi connectivity index (χ3v) is 5.03. The maximum absolute atomic E-state index is 12.1. The molecule has 1 aliphatic rings. The molecule has 3 rings (SSSR count). The molecule has 0 saturated heterocycles. The lowest BCUT2D eigenvalue weighted by Crippen LogP contribution is -2.43. The van der Waals surface area contributed by atoms with E-state index in [9.17, 15) is 4.79 Å². The molecular weight excluding hydrogens is 324 g/mol. The van der Waals surface area contributed by atoms with Crippen LogP contribution in [0.3, 0.4) is 0 Å². The first-order chi connectivity index (χ1) is 12.7. The highest BCUT2D eigenvalue weighted by Crippen LogP contribution is 2.24. The molecule has 2 aromatic rings. The number of amides is 1. The quantitative estimate of drug-likeness (QED) is 0.876. The fourth-order valence-electron chi connectivity index (χ4n) is 3.41. The van der Waals surface area contributed by atoms with Crippen molar-refractivity contribution in [3.8, 4) is 22.9 Å². The van der Waals surface area contributed by atoms with Crippen molar-refractivity contribution in [2.24, 2.45) is 5.92 Å². The predicted octanol–water partition coefficient (Wildman–Crippen LogP) is 4.30. The number of nitrogens with one attached hydrogen (secondary N) is 1. The van der Waals surface area contributed by atoms with E-state index in [4.69, 9.17) is 10.00 Å². The van der Waals surface area contributed by atoms with Crippen LogP contribution in [0.1, 0.15) is 38.2 Å². The zero-order valence-corrected chi connectivity index (χ0v) is 15.1. The Morgan fingerprint density at radius 2 is 1.69 bits per heavy atom. The number of hydrogen-bond donors (Lipinski definition) is 1. The van der Waals surface area contributed by atoms with Crippen LogP contribution in [0.4, 0.5) is 0 Å². The maximum atomic E-state index is 12.1. The highest BCUT2D eigenvalue weighted by atomic mass is 16.5. The van der Waals surface area contributed by atoms with E-state index in [1.807, 2.05) is 36.4 Å². The number of benzene rings is 2. The van der Waals surface area contributed by atoms with Crippen LogP contribution in [0, 0.1) is 17.2 Å². The minimum absolute atomic E-state index is 0.0411. The van der Waals surface area contributed by atoms with Crippen LogP contribution < -0.4 is 10.1 Å². The molecule has 0 bridgehead atoms. The second-order valence-electron chi connectivity index (χ2n) is 6.94. The molecule has 26 heavy (non-hydrogen) atoms. The predicted molar refractivity (Wildman–Crippen MR) is 102 cm³/mol. The molecule has 2 aromatic carbocycles. The summed E-state index contributed by atoms with van der Waals surface area (Å²) >= 11 is 0. The Morgan fingerprint density at radius 1 is 1.08 bits per heavy atom. The van der Waals surface area contributed by atoms with Crippen molar-refractivity contribution >= 4 is 5.91 Å². The van der Waals surface area contributed by atoms with Gasteiger partial charge in [0, 0.05) is 6.04 Å². The van der Waals surface area contributed by atoms with Gasteiger partial charge in [-0.1, -0.05) is 44.0 Å². The Kier molecular flexibility index (Phi) is 5.91. The summed E-state index contributed by atoms with van der Waals surface area (Å²) in [5.41, 5.74) is 2.73. The Labute approximate surface area is 154 Å². The monoisotopic (exact) mass is 348 g/mol. The van der Waals surface area contributed by atoms with Gasteiger partial charge in [0.2, 0.25) is 0 Å². The van der Waals surface area contributed by atoms with Gasteiger partial charge in [-0.25, -0.2) is 0 Å². The van der Waals surface area contributed by atoms with Crippen LogP contribution in [0.25, 0.3) is 11.1 Å². The normalized spacial score (nSPS) is 19.4. The summed E-state index contributed by atoms with van der Waals surface area (Å²) in [6, 6.07) is 17.5. The third kappa shape index (κ3) is 4.64. The molecule has 0 spiro atoms. The van der Waals surface area contributed by atoms with Gasteiger partial charge in [0.1, 0.15) is 5.75 Å². The fraction of sp³-hybridized carbons (Fsp3) is 0.364. The van der Waals surface area contributed by atoms with Crippen molar-refractivity contribution in [1.82, 2.24) is 5.32 Å². The molecule has 0 aliphatic heterocycles. The summed E-state index contributed by atoms with van der Waals surface area (Å²) in [4.78, 5) is 12.1. The standard InChI is InChI=1S/C22H24N2O2/c1-16-4-2-3-5-21(16)24-22(25)15-26-20-12-10-19(11-13-20)18-8-6-17(14-23)7-9-18/h6-13,16,21H,2-5,15H2,1H3,(H,24,25). The van der Waals surface area contributed by atoms with Crippen molar-refractivity contribution in [3.05, 3.63) is 54.1 Å². The van der Waals surface area contributed by atoms with Crippen molar-refractivity contribution in [2.45, 2.75) is 38.6 Å². The molecule has 2 unspecified atom stereocenters. The molecule has 0 heterocycles. The molecule has 1 amide bonds. The van der Waals surface area contributed by atoms with Crippen LogP contribution in [-0.2, 0) is 4.79 Å². The lowest BCUT2D eigenvalue weighted by Gasteiger charge is -2.29. The van der Waals surface area contributed by atoms with Crippen LogP contribution in [0.15, 0.2) is 48.5 Å². The summed E-state index contributed by atoms with van der Waals surface area (Å²) in [6.07, 6.45) is 4.69. The summed E-state index contributed by atoms with van der Waals surface area (Å²) in [5, 5.41) is 12.0. The average molecular weight is 348 g/mol. The topological polar surface area (TPSA) is 62.1 Å². The Bertz CT molecular complexity index is 775. The van der Waals surface area contributed by atoms with Crippen LogP contribution in [-0.4, -0.2) is 18.6 Å². The van der Waals surface area contributed by atoms with Gasteiger partial charge in [0.15, 0.2) is 6.61 Å². The molecule has 1 aliphatic carbocycles. The molecule has 1 saturated carbocycles. The number of nitrogens with zero attached hydrogens (tertiary/aromatic N) is 1. The molecular formula is C22H24N2O2. The number of rotatable bonds is 5. The first-order valence-electron chi connectivity index (χ1n) is 9.18. The molecule has 1 N–H and O–H groups in total. The molecule has 4 heteroatoms. The minimum Gasteiger partial charge on any atom is -0.484 e. The van der Waals surface area contributed by atoms with Gasteiger partial charge in [-0.3, -0.25) is 4.79 Å². The minimum atomic E-state index is -0.0556. The summed E-state index contributed by atoms with van der Waals surface area (Å²) in [7, 11) is 0. The smallest absolute Gasteiger partial charge is 0.258 e. The Balaban J connectivity index is 1.52. The molecule has 1 fully saturated rings. The van der Waals surface area contributed by atoms with E-state index in [-0.39, 0.29) is 18.6 Å². The van der Waals surface area contributed by atoms with E-state index in [0.29, 0.717) is 17.2 Å². The molecule has 2 atom stereocenters. The van der Waals surface area contributed by atoms with Gasteiger partial charge >= 0.3 is 0 Å². The lowest BCUT2D eigenvalue weighted by atomic mass is 9.86. The number of carbonyl (C=O) groups is 1. The SMILES string of the molecule is CC1CCCCC1NC(=O)COc1ccc(-c2ccc(C#N)cc2)cc1. The second kappa shape index (κ2) is 8.53. The van der Waals surface area contributed by atoms with Crippen LogP contribution >= 0.6 is 0 Å². The first kappa shape index (κ1) is 18.0. The van der Waals surface area contributed by atoms with Crippen LogP contribution in [0.5, 0.6) is 5.75 Å². The van der Waals surface area contributed by atoms with Gasteiger partial charge in [-0.05, 0) is 54.2 Å². The number of carbonyl (C=O) groups excluding carboxylic acids is 1. The van der Waals surface area contributed by atoms with E-state index in [1.54, 1.807) is 12.1 Å². The largest absolute Gasteiger partial charge is 0.484 e. The molecule has 134 valence electrons. The van der Waals surface area contributed by atoms with E-state index >= 15 is 0 Å². The number of hydrogen-bond acceptors (Lipinski definition) is 3. The zero-order valence-electron chi connectivity index (χ0n) is 15.1. The zero-order chi connectivity index (χ0) is 18.4. The van der Waals surface area contributed by atoms with Gasteiger partial charge < -0.3 is 10.1 Å². The van der Waals surface area contributed by atoms with Crippen molar-refractivity contribution < 1.29 is 9.53 Å². The molecule has 0 aromatic heterocycles. The van der Waals surface area contributed by atoms with Gasteiger partial charge in [-0.15, -0.1) is 0 Å². The van der Waals surface area contributed by atoms with Gasteiger partial charge in [0.25, 0.3) is 5.91 Å². The fourth-order valence-corrected chi connectivity index (χ4v) is 3.41. The molecule has 4 nitrogen and oxygen atoms in total. The van der Waals surface area contributed by atoms with Gasteiger partial charge in [0.05, 0.1) is 11.6 Å². The maximum Gasteiger partial charge on any atom is 0.258 e. The number of nitriles is 1. The molecule has 0 radical (unpaired) electrons. The van der Waals surface area contributed by atoms with Crippen LogP contribution in [0.2, 0.25) is 0 Å². The van der Waals surface area contributed by atoms with E-state index in [0.717, 1.165) is 17.5 Å². The lowest BCUT2D eigenvalue weighted by molar-refractivity contribution is -0.124. The highest BCUT2D eigenvalue weighted by Gasteiger charge is 2.22. The summed E-state index contributed by atoms with van der Waals surface area (Å²) < 4.78 is 5.62. The van der Waals surface area contributed by atoms with E-state index in [1.165, 1.54) is 19.3 Å². The van der Waals surface area contributed by atoms with E-state index < -0.39 is 0 Å². The Morgan fingerprint density at radius 3 is 2.31 bits per heavy atom. The summed E-state index contributed by atoms with van der Waals surface area (Å²) in [6.45, 7) is 2.24. The second-order valence-corrected chi connectivity index (χ2v) is 6.94. The van der Waals surface area contributed by atoms with Crippen molar-refractivity contribution in [1.29, 1.82) is 5.26 Å². The summed E-state index contributed by atoms with van der Waals surface area (Å²) in [5.74, 6) is 1.16. The third-order valence-electron chi connectivity index (χ3n) is 5.03.